The van der Waals surface area contributed by atoms with Crippen LogP contribution in [0.1, 0.15) is 25.7 Å². The second-order valence-corrected chi connectivity index (χ2v) is 6.95. The van der Waals surface area contributed by atoms with Gasteiger partial charge in [0, 0.05) is 24.9 Å². The number of benzene rings is 1. The van der Waals surface area contributed by atoms with Crippen molar-refractivity contribution in [1.29, 1.82) is 0 Å². The summed E-state index contributed by atoms with van der Waals surface area (Å²) in [6.45, 7) is 0.0628. The number of anilines is 1. The summed E-state index contributed by atoms with van der Waals surface area (Å²) in [4.78, 5) is -0.746. The fourth-order valence-corrected chi connectivity index (χ4v) is 4.46. The normalized spacial score (nSPS) is 20.6. The van der Waals surface area contributed by atoms with Crippen LogP contribution >= 0.6 is 0 Å². The zero-order valence-corrected chi connectivity index (χ0v) is 12.2. The SMILES string of the molecule is Nc1cc(F)c(F)c(S(=O)(=O)N2CCCCC2CCO)c1. The molecule has 2 rings (SSSR count). The Labute approximate surface area is 122 Å². The van der Waals surface area contributed by atoms with Gasteiger partial charge in [0.05, 0.1) is 0 Å². The summed E-state index contributed by atoms with van der Waals surface area (Å²) in [5.41, 5.74) is 5.27. The van der Waals surface area contributed by atoms with E-state index in [1.54, 1.807) is 0 Å². The number of piperidine rings is 1. The molecule has 1 heterocycles. The molecule has 0 aliphatic carbocycles. The van der Waals surface area contributed by atoms with Gasteiger partial charge < -0.3 is 10.8 Å². The van der Waals surface area contributed by atoms with Crippen molar-refractivity contribution in [2.75, 3.05) is 18.9 Å². The lowest BCUT2D eigenvalue weighted by Crippen LogP contribution is -2.44. The van der Waals surface area contributed by atoms with E-state index in [2.05, 4.69) is 0 Å². The first kappa shape index (κ1) is 16.1. The lowest BCUT2D eigenvalue weighted by molar-refractivity contribution is 0.192. The Hall–Kier alpha value is -1.25. The molecule has 0 aromatic heterocycles. The molecule has 1 atom stereocenters. The molecule has 1 aliphatic heterocycles. The molecule has 21 heavy (non-hydrogen) atoms. The molecular formula is C13H18F2N2O3S. The molecule has 1 saturated heterocycles. The predicted octanol–water partition coefficient (Wildman–Crippen LogP) is 1.47. The number of halogens is 2. The highest BCUT2D eigenvalue weighted by molar-refractivity contribution is 7.89. The second kappa shape index (κ2) is 6.25. The van der Waals surface area contributed by atoms with Crippen LogP contribution in [-0.4, -0.2) is 37.0 Å². The van der Waals surface area contributed by atoms with Gasteiger partial charge in [-0.15, -0.1) is 0 Å². The first-order valence-electron chi connectivity index (χ1n) is 6.75. The van der Waals surface area contributed by atoms with E-state index < -0.39 is 32.6 Å². The fraction of sp³-hybridized carbons (Fsp3) is 0.538. The van der Waals surface area contributed by atoms with Crippen LogP contribution in [0.25, 0.3) is 0 Å². The van der Waals surface area contributed by atoms with Crippen LogP contribution in [0.2, 0.25) is 0 Å². The zero-order valence-electron chi connectivity index (χ0n) is 11.4. The van der Waals surface area contributed by atoms with E-state index in [0.717, 1.165) is 22.9 Å². The smallest absolute Gasteiger partial charge is 0.246 e. The third-order valence-electron chi connectivity index (χ3n) is 3.64. The van der Waals surface area contributed by atoms with Crippen molar-refractivity contribution in [1.82, 2.24) is 4.31 Å². The minimum absolute atomic E-state index is 0.150. The molecule has 5 nitrogen and oxygen atoms in total. The molecule has 1 aromatic carbocycles. The van der Waals surface area contributed by atoms with Crippen LogP contribution < -0.4 is 5.73 Å². The minimum atomic E-state index is -4.18. The van der Waals surface area contributed by atoms with Gasteiger partial charge in [0.1, 0.15) is 4.90 Å². The van der Waals surface area contributed by atoms with Crippen LogP contribution in [0.15, 0.2) is 17.0 Å². The van der Waals surface area contributed by atoms with Gasteiger partial charge in [-0.1, -0.05) is 6.42 Å². The van der Waals surface area contributed by atoms with Crippen LogP contribution in [0.3, 0.4) is 0 Å². The van der Waals surface area contributed by atoms with Crippen LogP contribution in [0, 0.1) is 11.6 Å². The van der Waals surface area contributed by atoms with Gasteiger partial charge in [0.15, 0.2) is 11.6 Å². The van der Waals surface area contributed by atoms with Crippen molar-refractivity contribution in [3.63, 3.8) is 0 Å². The summed E-state index contributed by atoms with van der Waals surface area (Å²) in [5.74, 6) is -2.71. The molecule has 0 amide bonds. The molecule has 0 bridgehead atoms. The molecule has 0 saturated carbocycles. The van der Waals surface area contributed by atoms with Crippen molar-refractivity contribution in [3.8, 4) is 0 Å². The van der Waals surface area contributed by atoms with E-state index in [1.165, 1.54) is 0 Å². The van der Waals surface area contributed by atoms with Gasteiger partial charge in [0.2, 0.25) is 10.0 Å². The molecular weight excluding hydrogens is 302 g/mol. The van der Waals surface area contributed by atoms with Crippen molar-refractivity contribution in [2.24, 2.45) is 0 Å². The maximum absolute atomic E-state index is 13.9. The van der Waals surface area contributed by atoms with Crippen molar-refractivity contribution in [2.45, 2.75) is 36.6 Å². The topological polar surface area (TPSA) is 83.6 Å². The third kappa shape index (κ3) is 3.17. The van der Waals surface area contributed by atoms with Crippen molar-refractivity contribution >= 4 is 15.7 Å². The average Bonchev–Trinajstić information content (AvgIpc) is 2.43. The number of sulfonamides is 1. The lowest BCUT2D eigenvalue weighted by Gasteiger charge is -2.34. The highest BCUT2D eigenvalue weighted by atomic mass is 32.2. The molecule has 1 unspecified atom stereocenters. The zero-order chi connectivity index (χ0) is 15.6. The summed E-state index contributed by atoms with van der Waals surface area (Å²) in [6.07, 6.45) is 2.34. The van der Waals surface area contributed by atoms with Crippen molar-refractivity contribution in [3.05, 3.63) is 23.8 Å². The Bertz CT molecular complexity index is 620. The van der Waals surface area contributed by atoms with Gasteiger partial charge in [-0.3, -0.25) is 0 Å². The molecule has 1 aliphatic rings. The number of nitrogens with two attached hydrogens (primary N) is 1. The Morgan fingerprint density at radius 1 is 1.33 bits per heavy atom. The van der Waals surface area contributed by atoms with E-state index in [9.17, 15) is 17.2 Å². The summed E-state index contributed by atoms with van der Waals surface area (Å²) in [7, 11) is -4.18. The van der Waals surface area contributed by atoms with Gasteiger partial charge >= 0.3 is 0 Å². The molecule has 3 N–H and O–H groups in total. The maximum atomic E-state index is 13.9. The number of hydrogen-bond donors (Lipinski definition) is 2. The minimum Gasteiger partial charge on any atom is -0.399 e. The largest absolute Gasteiger partial charge is 0.399 e. The highest BCUT2D eigenvalue weighted by Gasteiger charge is 2.35. The highest BCUT2D eigenvalue weighted by Crippen LogP contribution is 2.30. The van der Waals surface area contributed by atoms with E-state index in [-0.39, 0.29) is 25.3 Å². The van der Waals surface area contributed by atoms with Crippen LogP contribution in [0.5, 0.6) is 0 Å². The summed E-state index contributed by atoms with van der Waals surface area (Å²) in [6, 6.07) is 1.27. The summed E-state index contributed by atoms with van der Waals surface area (Å²) in [5, 5.41) is 9.04. The first-order chi connectivity index (χ1) is 9.87. The number of aliphatic hydroxyl groups is 1. The standard InChI is InChI=1S/C13H18F2N2O3S/c14-11-7-9(16)8-12(13(11)15)21(19,20)17-5-2-1-3-10(17)4-6-18/h7-8,10,18H,1-6,16H2. The lowest BCUT2D eigenvalue weighted by atomic mass is 10.0. The molecule has 0 radical (unpaired) electrons. The predicted molar refractivity (Wildman–Crippen MR) is 74.0 cm³/mol. The Balaban J connectivity index is 2.45. The van der Waals surface area contributed by atoms with E-state index in [4.69, 9.17) is 10.8 Å². The summed E-state index contributed by atoms with van der Waals surface area (Å²) >= 11 is 0. The molecule has 1 aromatic rings. The number of rotatable bonds is 4. The average molecular weight is 320 g/mol. The Morgan fingerprint density at radius 3 is 2.71 bits per heavy atom. The van der Waals surface area contributed by atoms with E-state index in [1.807, 2.05) is 0 Å². The quantitative estimate of drug-likeness (QED) is 0.823. The number of aliphatic hydroxyl groups excluding tert-OH is 1. The molecule has 0 spiro atoms. The molecule has 1 fully saturated rings. The van der Waals surface area contributed by atoms with Gasteiger partial charge in [0.25, 0.3) is 0 Å². The van der Waals surface area contributed by atoms with E-state index >= 15 is 0 Å². The number of nitrogens with zero attached hydrogens (tertiary/aromatic N) is 1. The molecule has 118 valence electrons. The van der Waals surface area contributed by atoms with Crippen LogP contribution in [-0.2, 0) is 10.0 Å². The van der Waals surface area contributed by atoms with Gasteiger partial charge in [-0.05, 0) is 31.4 Å². The third-order valence-corrected chi connectivity index (χ3v) is 5.59. The van der Waals surface area contributed by atoms with Gasteiger partial charge in [-0.2, -0.15) is 4.31 Å². The Kier molecular flexibility index (Phi) is 4.80. The number of nitrogen functional groups attached to an aromatic ring is 1. The van der Waals surface area contributed by atoms with E-state index in [0.29, 0.717) is 12.8 Å². The van der Waals surface area contributed by atoms with Crippen molar-refractivity contribution < 1.29 is 22.3 Å². The Morgan fingerprint density at radius 2 is 2.05 bits per heavy atom. The first-order valence-corrected chi connectivity index (χ1v) is 8.19. The monoisotopic (exact) mass is 320 g/mol. The van der Waals surface area contributed by atoms with Crippen LogP contribution in [0.4, 0.5) is 14.5 Å². The summed E-state index contributed by atoms with van der Waals surface area (Å²) < 4.78 is 53.6. The fourth-order valence-electron chi connectivity index (χ4n) is 2.63. The second-order valence-electron chi connectivity index (χ2n) is 5.09. The molecule has 8 heteroatoms. The maximum Gasteiger partial charge on any atom is 0.246 e. The van der Waals surface area contributed by atoms with Gasteiger partial charge in [-0.25, -0.2) is 17.2 Å². The number of hydrogen-bond acceptors (Lipinski definition) is 4.